The van der Waals surface area contributed by atoms with Crippen molar-refractivity contribution in [2.45, 2.75) is 38.8 Å². The lowest BCUT2D eigenvalue weighted by molar-refractivity contribution is -0.141. The highest BCUT2D eigenvalue weighted by Gasteiger charge is 2.29. The zero-order chi connectivity index (χ0) is 22.5. The molecule has 1 aliphatic rings. The highest BCUT2D eigenvalue weighted by molar-refractivity contribution is 6.30. The number of aryl methyl sites for hydroxylation is 1. The van der Waals surface area contributed by atoms with Crippen LogP contribution >= 0.6 is 11.6 Å². The van der Waals surface area contributed by atoms with Crippen LogP contribution < -0.4 is 0 Å². The van der Waals surface area contributed by atoms with E-state index < -0.39 is 0 Å². The number of halogens is 1. The lowest BCUT2D eigenvalue weighted by atomic mass is 10.0. The Morgan fingerprint density at radius 3 is 2.88 bits per heavy atom. The molecule has 2 aromatic carbocycles. The molecule has 1 aliphatic heterocycles. The standard InChI is InChI=1S/C26H29ClN2O3/c1-18-9-10-19-15-21(25(28-23(19)14-18)20-6-3-7-22(27)16-20)17-29(11-5-12-31-2)26(30)24-8-4-13-32-24/h3,6-7,9-10,14-16,24H,4-5,8,11-13,17H2,1-2H3. The van der Waals surface area contributed by atoms with E-state index >= 15 is 0 Å². The smallest absolute Gasteiger partial charge is 0.252 e. The largest absolute Gasteiger partial charge is 0.385 e. The van der Waals surface area contributed by atoms with Crippen molar-refractivity contribution in [1.82, 2.24) is 9.88 Å². The zero-order valence-corrected chi connectivity index (χ0v) is 19.4. The minimum atomic E-state index is -0.358. The normalized spacial score (nSPS) is 15.9. The van der Waals surface area contributed by atoms with E-state index in [-0.39, 0.29) is 12.0 Å². The van der Waals surface area contributed by atoms with Crippen LogP contribution in [0.1, 0.15) is 30.4 Å². The van der Waals surface area contributed by atoms with Gasteiger partial charge in [-0.1, -0.05) is 35.9 Å². The SMILES string of the molecule is COCCCN(Cc1cc2ccc(C)cc2nc1-c1cccc(Cl)c1)C(=O)C1CCCO1. The molecule has 1 aromatic heterocycles. The maximum atomic E-state index is 13.3. The van der Waals surface area contributed by atoms with Gasteiger partial charge >= 0.3 is 0 Å². The van der Waals surface area contributed by atoms with E-state index in [1.54, 1.807) is 7.11 Å². The van der Waals surface area contributed by atoms with Crippen molar-refractivity contribution >= 4 is 28.4 Å². The van der Waals surface area contributed by atoms with Gasteiger partial charge in [-0.05, 0) is 61.6 Å². The third-order valence-electron chi connectivity index (χ3n) is 5.80. The van der Waals surface area contributed by atoms with E-state index in [2.05, 4.69) is 31.2 Å². The number of benzene rings is 2. The number of nitrogens with zero attached hydrogens (tertiary/aromatic N) is 2. The molecule has 0 bridgehead atoms. The molecule has 0 N–H and O–H groups in total. The fraction of sp³-hybridized carbons (Fsp3) is 0.385. The van der Waals surface area contributed by atoms with E-state index in [4.69, 9.17) is 26.1 Å². The van der Waals surface area contributed by atoms with Gasteiger partial charge in [0.2, 0.25) is 0 Å². The van der Waals surface area contributed by atoms with Gasteiger partial charge in [0.25, 0.3) is 5.91 Å². The van der Waals surface area contributed by atoms with Gasteiger partial charge in [-0.15, -0.1) is 0 Å². The summed E-state index contributed by atoms with van der Waals surface area (Å²) < 4.78 is 10.9. The molecule has 168 valence electrons. The highest BCUT2D eigenvalue weighted by atomic mass is 35.5. The molecule has 1 fully saturated rings. The van der Waals surface area contributed by atoms with Crippen LogP contribution in [0.3, 0.4) is 0 Å². The molecule has 0 aliphatic carbocycles. The number of fused-ring (bicyclic) bond motifs is 1. The van der Waals surface area contributed by atoms with Crippen LogP contribution in [0, 0.1) is 6.92 Å². The number of methoxy groups -OCH3 is 1. The topological polar surface area (TPSA) is 51.7 Å². The summed E-state index contributed by atoms with van der Waals surface area (Å²) in [5.41, 5.74) is 4.87. The van der Waals surface area contributed by atoms with Gasteiger partial charge in [0.1, 0.15) is 6.10 Å². The second-order valence-electron chi connectivity index (χ2n) is 8.31. The third kappa shape index (κ3) is 5.29. The molecule has 3 aromatic rings. The molecular weight excluding hydrogens is 424 g/mol. The molecule has 0 spiro atoms. The summed E-state index contributed by atoms with van der Waals surface area (Å²) >= 11 is 6.29. The van der Waals surface area contributed by atoms with Gasteiger partial charge < -0.3 is 14.4 Å². The van der Waals surface area contributed by atoms with Gasteiger partial charge in [0, 0.05) is 49.4 Å². The summed E-state index contributed by atoms with van der Waals surface area (Å²) in [6.07, 6.45) is 2.10. The molecule has 1 amide bonds. The van der Waals surface area contributed by atoms with Gasteiger partial charge in [0.15, 0.2) is 0 Å². The molecule has 6 heteroatoms. The average Bonchev–Trinajstić information content (AvgIpc) is 3.33. The van der Waals surface area contributed by atoms with E-state index in [0.717, 1.165) is 52.5 Å². The number of hydrogen-bond donors (Lipinski definition) is 0. The molecule has 2 heterocycles. The Morgan fingerprint density at radius 1 is 1.25 bits per heavy atom. The maximum Gasteiger partial charge on any atom is 0.252 e. The second-order valence-corrected chi connectivity index (χ2v) is 8.75. The summed E-state index contributed by atoms with van der Waals surface area (Å²) in [4.78, 5) is 20.2. The van der Waals surface area contributed by atoms with E-state index in [0.29, 0.717) is 31.3 Å². The number of carbonyl (C=O) groups is 1. The summed E-state index contributed by atoms with van der Waals surface area (Å²) in [6.45, 7) is 4.37. The maximum absolute atomic E-state index is 13.3. The number of amides is 1. The van der Waals surface area contributed by atoms with Crippen LogP contribution in [-0.4, -0.2) is 48.8 Å². The van der Waals surface area contributed by atoms with Crippen molar-refractivity contribution in [3.8, 4) is 11.3 Å². The Kier molecular flexibility index (Phi) is 7.40. The number of carbonyl (C=O) groups excluding carboxylic acids is 1. The number of rotatable bonds is 8. The van der Waals surface area contributed by atoms with Crippen molar-refractivity contribution in [3.63, 3.8) is 0 Å². The van der Waals surface area contributed by atoms with Gasteiger partial charge in [0.05, 0.1) is 11.2 Å². The lowest BCUT2D eigenvalue weighted by Gasteiger charge is -2.26. The van der Waals surface area contributed by atoms with Gasteiger partial charge in [-0.3, -0.25) is 4.79 Å². The fourth-order valence-electron chi connectivity index (χ4n) is 4.18. The van der Waals surface area contributed by atoms with Gasteiger partial charge in [-0.25, -0.2) is 4.98 Å². The number of ether oxygens (including phenoxy) is 2. The van der Waals surface area contributed by atoms with Crippen LogP contribution in [0.25, 0.3) is 22.2 Å². The van der Waals surface area contributed by atoms with Crippen molar-refractivity contribution in [3.05, 3.63) is 64.7 Å². The first-order valence-electron chi connectivity index (χ1n) is 11.1. The number of pyridine rings is 1. The third-order valence-corrected chi connectivity index (χ3v) is 6.04. The Bertz CT molecular complexity index is 1100. The Morgan fingerprint density at radius 2 is 2.12 bits per heavy atom. The minimum absolute atomic E-state index is 0.0413. The first kappa shape index (κ1) is 22.7. The molecule has 1 unspecified atom stereocenters. The fourth-order valence-corrected chi connectivity index (χ4v) is 4.37. The molecule has 0 radical (unpaired) electrons. The average molecular weight is 453 g/mol. The first-order chi connectivity index (χ1) is 15.5. The molecule has 5 nitrogen and oxygen atoms in total. The van der Waals surface area contributed by atoms with Crippen LogP contribution in [0.2, 0.25) is 5.02 Å². The van der Waals surface area contributed by atoms with Crippen LogP contribution in [0.5, 0.6) is 0 Å². The van der Waals surface area contributed by atoms with Crippen LogP contribution in [-0.2, 0) is 20.8 Å². The Hall–Kier alpha value is -2.47. The molecule has 32 heavy (non-hydrogen) atoms. The minimum Gasteiger partial charge on any atom is -0.385 e. The van der Waals surface area contributed by atoms with Crippen molar-refractivity contribution in [1.29, 1.82) is 0 Å². The number of hydrogen-bond acceptors (Lipinski definition) is 4. The lowest BCUT2D eigenvalue weighted by Crippen LogP contribution is -2.39. The predicted octanol–water partition coefficient (Wildman–Crippen LogP) is 5.41. The molecule has 4 rings (SSSR count). The number of aromatic nitrogens is 1. The zero-order valence-electron chi connectivity index (χ0n) is 18.6. The molecule has 1 atom stereocenters. The summed E-state index contributed by atoms with van der Waals surface area (Å²) in [5, 5.41) is 1.71. The molecule has 1 saturated heterocycles. The monoisotopic (exact) mass is 452 g/mol. The van der Waals surface area contributed by atoms with E-state index in [1.807, 2.05) is 29.2 Å². The van der Waals surface area contributed by atoms with Crippen molar-refractivity contribution in [2.75, 3.05) is 26.9 Å². The highest BCUT2D eigenvalue weighted by Crippen LogP contribution is 2.29. The van der Waals surface area contributed by atoms with E-state index in [1.165, 1.54) is 0 Å². The summed E-state index contributed by atoms with van der Waals surface area (Å²) in [7, 11) is 1.68. The van der Waals surface area contributed by atoms with Crippen molar-refractivity contribution < 1.29 is 14.3 Å². The Balaban J connectivity index is 1.74. The van der Waals surface area contributed by atoms with Crippen LogP contribution in [0.4, 0.5) is 0 Å². The molecular formula is C26H29ClN2O3. The van der Waals surface area contributed by atoms with Crippen molar-refractivity contribution in [2.24, 2.45) is 0 Å². The Labute approximate surface area is 194 Å². The predicted molar refractivity (Wildman–Crippen MR) is 128 cm³/mol. The first-order valence-corrected chi connectivity index (χ1v) is 11.5. The second kappa shape index (κ2) is 10.4. The quantitative estimate of drug-likeness (QED) is 0.429. The molecule has 0 saturated carbocycles. The van der Waals surface area contributed by atoms with Gasteiger partial charge in [-0.2, -0.15) is 0 Å². The van der Waals surface area contributed by atoms with Crippen LogP contribution in [0.15, 0.2) is 48.5 Å². The summed E-state index contributed by atoms with van der Waals surface area (Å²) in [6, 6.07) is 16.1. The van der Waals surface area contributed by atoms with E-state index in [9.17, 15) is 4.79 Å². The summed E-state index contributed by atoms with van der Waals surface area (Å²) in [5.74, 6) is 0.0413.